The third-order valence-corrected chi connectivity index (χ3v) is 3.51. The van der Waals surface area contributed by atoms with Gasteiger partial charge in [-0.15, -0.1) is 0 Å². The van der Waals surface area contributed by atoms with Crippen LogP contribution in [0.1, 0.15) is 46.5 Å². The lowest BCUT2D eigenvalue weighted by molar-refractivity contribution is -0.124. The van der Waals surface area contributed by atoms with Crippen LogP contribution >= 0.6 is 0 Å². The summed E-state index contributed by atoms with van der Waals surface area (Å²) in [5.41, 5.74) is 0. The van der Waals surface area contributed by atoms with Crippen LogP contribution in [0.2, 0.25) is 0 Å². The van der Waals surface area contributed by atoms with Crippen molar-refractivity contribution < 1.29 is 9.59 Å². The average Bonchev–Trinajstić information content (AvgIpc) is 2.37. The van der Waals surface area contributed by atoms with Crippen LogP contribution in [0, 0.1) is 5.92 Å². The Morgan fingerprint density at radius 2 is 2.11 bits per heavy atom. The number of piperidine rings is 1. The highest BCUT2D eigenvalue weighted by molar-refractivity contribution is 5.83. The van der Waals surface area contributed by atoms with Gasteiger partial charge in [0.25, 0.3) is 0 Å². The van der Waals surface area contributed by atoms with Gasteiger partial charge in [-0.05, 0) is 39.2 Å². The first-order chi connectivity index (χ1) is 9.02. The summed E-state index contributed by atoms with van der Waals surface area (Å²) in [6.07, 6.45) is 3.52. The van der Waals surface area contributed by atoms with E-state index in [0.29, 0.717) is 18.9 Å². The van der Waals surface area contributed by atoms with Crippen molar-refractivity contribution in [2.75, 3.05) is 13.1 Å². The molecule has 2 atom stereocenters. The molecule has 110 valence electrons. The molecule has 1 rings (SSSR count). The second-order valence-electron chi connectivity index (χ2n) is 5.57. The van der Waals surface area contributed by atoms with E-state index in [9.17, 15) is 9.59 Å². The highest BCUT2D eigenvalue weighted by Gasteiger charge is 2.25. The summed E-state index contributed by atoms with van der Waals surface area (Å²) in [5, 5.41) is 8.89. The molecule has 0 radical (unpaired) electrons. The fraction of sp³-hybridized carbons (Fsp3) is 0.857. The van der Waals surface area contributed by atoms with Crippen LogP contribution in [0.25, 0.3) is 0 Å². The zero-order valence-corrected chi connectivity index (χ0v) is 12.3. The molecule has 0 spiro atoms. The van der Waals surface area contributed by atoms with Gasteiger partial charge in [-0.25, -0.2) is 0 Å². The number of carbonyl (C=O) groups excluding carboxylic acids is 2. The molecule has 5 nitrogen and oxygen atoms in total. The molecule has 0 saturated carbocycles. The van der Waals surface area contributed by atoms with E-state index in [-0.39, 0.29) is 23.9 Å². The fourth-order valence-corrected chi connectivity index (χ4v) is 2.38. The Bertz CT molecular complexity index is 305. The number of hydrogen-bond acceptors (Lipinski definition) is 3. The molecular formula is C14H27N3O2. The number of rotatable bonds is 6. The number of amides is 2. The molecule has 0 aromatic carbocycles. The second kappa shape index (κ2) is 8.15. The Morgan fingerprint density at radius 1 is 1.37 bits per heavy atom. The van der Waals surface area contributed by atoms with E-state index in [4.69, 9.17) is 0 Å². The first kappa shape index (κ1) is 16.0. The largest absolute Gasteiger partial charge is 0.354 e. The molecule has 0 aromatic rings. The summed E-state index contributed by atoms with van der Waals surface area (Å²) in [6.45, 7) is 7.33. The number of hydrogen-bond donors (Lipinski definition) is 3. The molecule has 3 N–H and O–H groups in total. The van der Waals surface area contributed by atoms with E-state index < -0.39 is 0 Å². The predicted molar refractivity (Wildman–Crippen MR) is 75.7 cm³/mol. The van der Waals surface area contributed by atoms with Crippen molar-refractivity contribution in [1.82, 2.24) is 16.0 Å². The van der Waals surface area contributed by atoms with Crippen molar-refractivity contribution in [2.24, 2.45) is 5.92 Å². The summed E-state index contributed by atoms with van der Waals surface area (Å²) in [5.74, 6) is 0.648. The number of carbonyl (C=O) groups is 2. The van der Waals surface area contributed by atoms with Gasteiger partial charge in [0.05, 0.1) is 6.04 Å². The van der Waals surface area contributed by atoms with E-state index in [2.05, 4.69) is 22.9 Å². The first-order valence-electron chi connectivity index (χ1n) is 7.33. The van der Waals surface area contributed by atoms with Crippen LogP contribution in [-0.2, 0) is 9.59 Å². The van der Waals surface area contributed by atoms with E-state index >= 15 is 0 Å². The normalized spacial score (nSPS) is 23.2. The molecule has 0 bridgehead atoms. The van der Waals surface area contributed by atoms with Crippen molar-refractivity contribution >= 4 is 11.8 Å². The minimum Gasteiger partial charge on any atom is -0.354 e. The zero-order chi connectivity index (χ0) is 14.3. The molecular weight excluding hydrogens is 242 g/mol. The maximum absolute atomic E-state index is 12.0. The SMILES string of the molecule is CCC1CCNC(C(=O)NCCC(=O)NC(C)C)C1. The first-order valence-corrected chi connectivity index (χ1v) is 7.33. The third kappa shape index (κ3) is 6.05. The van der Waals surface area contributed by atoms with Crippen LogP contribution < -0.4 is 16.0 Å². The Kier molecular flexibility index (Phi) is 6.84. The van der Waals surface area contributed by atoms with Crippen molar-refractivity contribution in [2.45, 2.75) is 58.5 Å². The maximum Gasteiger partial charge on any atom is 0.237 e. The molecule has 2 amide bonds. The van der Waals surface area contributed by atoms with Crippen LogP contribution in [0.4, 0.5) is 0 Å². The molecule has 1 fully saturated rings. The van der Waals surface area contributed by atoms with Crippen molar-refractivity contribution in [1.29, 1.82) is 0 Å². The highest BCUT2D eigenvalue weighted by atomic mass is 16.2. The summed E-state index contributed by atoms with van der Waals surface area (Å²) < 4.78 is 0. The molecule has 2 unspecified atom stereocenters. The van der Waals surface area contributed by atoms with Gasteiger partial charge in [0.15, 0.2) is 0 Å². The Labute approximate surface area is 115 Å². The molecule has 1 aliphatic heterocycles. The van der Waals surface area contributed by atoms with Crippen LogP contribution in [-0.4, -0.2) is 37.0 Å². The van der Waals surface area contributed by atoms with Gasteiger partial charge in [-0.3, -0.25) is 9.59 Å². The van der Waals surface area contributed by atoms with Gasteiger partial charge < -0.3 is 16.0 Å². The Balaban J connectivity index is 2.22. The molecule has 19 heavy (non-hydrogen) atoms. The number of nitrogens with one attached hydrogen (secondary N) is 3. The molecule has 0 aromatic heterocycles. The van der Waals surface area contributed by atoms with Crippen LogP contribution in [0.3, 0.4) is 0 Å². The topological polar surface area (TPSA) is 70.2 Å². The van der Waals surface area contributed by atoms with Crippen molar-refractivity contribution in [3.8, 4) is 0 Å². The minimum absolute atomic E-state index is 0.0154. The van der Waals surface area contributed by atoms with E-state index in [1.807, 2.05) is 13.8 Å². The van der Waals surface area contributed by atoms with Crippen molar-refractivity contribution in [3.63, 3.8) is 0 Å². The van der Waals surface area contributed by atoms with Crippen LogP contribution in [0.15, 0.2) is 0 Å². The van der Waals surface area contributed by atoms with Gasteiger partial charge in [-0.1, -0.05) is 13.3 Å². The molecule has 1 heterocycles. The molecule has 5 heteroatoms. The van der Waals surface area contributed by atoms with E-state index in [1.165, 1.54) is 0 Å². The standard InChI is InChI=1S/C14H27N3O2/c1-4-11-5-7-15-12(9-11)14(19)16-8-6-13(18)17-10(2)3/h10-12,15H,4-9H2,1-3H3,(H,16,19)(H,17,18). The summed E-state index contributed by atoms with van der Waals surface area (Å²) in [4.78, 5) is 23.4. The second-order valence-corrected chi connectivity index (χ2v) is 5.57. The minimum atomic E-state index is -0.0909. The van der Waals surface area contributed by atoms with Gasteiger partial charge in [0.2, 0.25) is 11.8 Å². The molecule has 1 aliphatic rings. The van der Waals surface area contributed by atoms with Gasteiger partial charge in [0.1, 0.15) is 0 Å². The molecule has 0 aliphatic carbocycles. The smallest absolute Gasteiger partial charge is 0.237 e. The predicted octanol–water partition coefficient (Wildman–Crippen LogP) is 0.796. The third-order valence-electron chi connectivity index (χ3n) is 3.51. The van der Waals surface area contributed by atoms with Gasteiger partial charge in [-0.2, -0.15) is 0 Å². The Morgan fingerprint density at radius 3 is 2.74 bits per heavy atom. The van der Waals surface area contributed by atoms with Crippen molar-refractivity contribution in [3.05, 3.63) is 0 Å². The lowest BCUT2D eigenvalue weighted by Gasteiger charge is -2.28. The zero-order valence-electron chi connectivity index (χ0n) is 12.3. The average molecular weight is 269 g/mol. The summed E-state index contributed by atoms with van der Waals surface area (Å²) in [7, 11) is 0. The quantitative estimate of drug-likeness (QED) is 0.668. The monoisotopic (exact) mass is 269 g/mol. The van der Waals surface area contributed by atoms with E-state index in [1.54, 1.807) is 0 Å². The van der Waals surface area contributed by atoms with Gasteiger partial charge >= 0.3 is 0 Å². The lowest BCUT2D eigenvalue weighted by Crippen LogP contribution is -2.49. The van der Waals surface area contributed by atoms with Gasteiger partial charge in [0, 0.05) is 19.0 Å². The lowest BCUT2D eigenvalue weighted by atomic mass is 9.90. The van der Waals surface area contributed by atoms with E-state index in [0.717, 1.165) is 25.8 Å². The van der Waals surface area contributed by atoms with Crippen LogP contribution in [0.5, 0.6) is 0 Å². The summed E-state index contributed by atoms with van der Waals surface area (Å²) >= 11 is 0. The Hall–Kier alpha value is -1.10. The summed E-state index contributed by atoms with van der Waals surface area (Å²) in [6, 6.07) is 0.0559. The fourth-order valence-electron chi connectivity index (χ4n) is 2.38. The highest BCUT2D eigenvalue weighted by Crippen LogP contribution is 2.19. The maximum atomic E-state index is 12.0. The molecule has 1 saturated heterocycles.